The summed E-state index contributed by atoms with van der Waals surface area (Å²) in [5.74, 6) is -0.176. The average Bonchev–Trinajstić information content (AvgIpc) is 2.71. The molecule has 2 rings (SSSR count). The maximum absolute atomic E-state index is 12.2. The summed E-state index contributed by atoms with van der Waals surface area (Å²) >= 11 is 0. The average molecular weight is 432 g/mol. The van der Waals surface area contributed by atoms with Gasteiger partial charge in [-0.3, -0.25) is 4.79 Å². The fourth-order valence-corrected chi connectivity index (χ4v) is 5.69. The third-order valence-electron chi connectivity index (χ3n) is 4.48. The Morgan fingerprint density at radius 3 is 1.93 bits per heavy atom. The molecule has 0 radical (unpaired) electrons. The molecule has 1 amide bonds. The summed E-state index contributed by atoms with van der Waals surface area (Å²) in [6.45, 7) is 8.00. The molecule has 0 aliphatic heterocycles. The van der Waals surface area contributed by atoms with E-state index in [4.69, 9.17) is 24.7 Å². The van der Waals surface area contributed by atoms with Gasteiger partial charge in [-0.05, 0) is 57.4 Å². The molecule has 2 aromatic rings. The Kier molecular flexibility index (Phi) is 9.32. The van der Waals surface area contributed by atoms with Crippen LogP contribution in [0.5, 0.6) is 0 Å². The summed E-state index contributed by atoms with van der Waals surface area (Å²) < 4.78 is 17.8. The second-order valence-corrected chi connectivity index (χ2v) is 9.36. The Bertz CT molecular complexity index is 777. The van der Waals surface area contributed by atoms with Crippen LogP contribution in [-0.2, 0) is 19.7 Å². The van der Waals surface area contributed by atoms with Crippen LogP contribution in [0.1, 0.15) is 43.1 Å². The molecule has 0 saturated carbocycles. The van der Waals surface area contributed by atoms with E-state index < -0.39 is 8.80 Å². The Morgan fingerprint density at radius 1 is 0.900 bits per heavy atom. The summed E-state index contributed by atoms with van der Waals surface area (Å²) in [4.78, 5) is 12.2. The van der Waals surface area contributed by atoms with E-state index in [0.29, 0.717) is 43.3 Å². The summed E-state index contributed by atoms with van der Waals surface area (Å²) in [6, 6.07) is 13.0. The molecular weight excluding hydrogens is 398 g/mol. The van der Waals surface area contributed by atoms with Crippen LogP contribution in [-0.4, -0.2) is 41.1 Å². The number of carbonyl (C=O) groups excluding carboxylic acids is 1. The van der Waals surface area contributed by atoms with Crippen LogP contribution in [0, 0.1) is 0 Å². The minimum absolute atomic E-state index is 0.176. The number of hydrogen-bond acceptors (Lipinski definition) is 6. The predicted molar refractivity (Wildman–Crippen MR) is 123 cm³/mol. The lowest BCUT2D eigenvalue weighted by Gasteiger charge is -2.28. The van der Waals surface area contributed by atoms with Gasteiger partial charge in [0.15, 0.2) is 0 Å². The van der Waals surface area contributed by atoms with Gasteiger partial charge in [0.05, 0.1) is 0 Å². The van der Waals surface area contributed by atoms with Gasteiger partial charge >= 0.3 is 8.80 Å². The number of amides is 1. The van der Waals surface area contributed by atoms with Crippen LogP contribution < -0.4 is 22.0 Å². The SMILES string of the molecule is CCO[Si](OCC)(OCC)c1ccc(CCCNC(=O)c2cc(N)cc(N)c2)cc1. The molecule has 2 aromatic carbocycles. The van der Waals surface area contributed by atoms with Gasteiger partial charge in [0.2, 0.25) is 0 Å². The van der Waals surface area contributed by atoms with E-state index in [1.807, 2.05) is 32.9 Å². The lowest BCUT2D eigenvalue weighted by Crippen LogP contribution is -2.56. The first-order valence-corrected chi connectivity index (χ1v) is 12.1. The number of benzene rings is 2. The largest absolute Gasteiger partial charge is 0.537 e. The van der Waals surface area contributed by atoms with Crippen LogP contribution in [0.4, 0.5) is 11.4 Å². The molecule has 0 heterocycles. The van der Waals surface area contributed by atoms with E-state index in [1.54, 1.807) is 18.2 Å². The van der Waals surface area contributed by atoms with Crippen molar-refractivity contribution < 1.29 is 18.1 Å². The number of carbonyl (C=O) groups is 1. The highest BCUT2D eigenvalue weighted by Crippen LogP contribution is 2.14. The molecule has 0 spiro atoms. The predicted octanol–water partition coefficient (Wildman–Crippen LogP) is 2.47. The van der Waals surface area contributed by atoms with Crippen molar-refractivity contribution in [3.63, 3.8) is 0 Å². The lowest BCUT2D eigenvalue weighted by atomic mass is 10.1. The van der Waals surface area contributed by atoms with Gasteiger partial charge in [-0.1, -0.05) is 24.3 Å². The normalized spacial score (nSPS) is 11.4. The van der Waals surface area contributed by atoms with Crippen molar-refractivity contribution in [2.45, 2.75) is 33.6 Å². The van der Waals surface area contributed by atoms with Crippen LogP contribution in [0.3, 0.4) is 0 Å². The van der Waals surface area contributed by atoms with Gasteiger partial charge in [-0.25, -0.2) is 0 Å². The molecule has 30 heavy (non-hydrogen) atoms. The van der Waals surface area contributed by atoms with Crippen molar-refractivity contribution in [3.05, 3.63) is 53.6 Å². The van der Waals surface area contributed by atoms with E-state index in [2.05, 4.69) is 17.4 Å². The third kappa shape index (κ3) is 6.56. The van der Waals surface area contributed by atoms with Gasteiger partial charge in [0, 0.05) is 48.5 Å². The van der Waals surface area contributed by atoms with E-state index in [0.717, 1.165) is 18.0 Å². The molecule has 0 bridgehead atoms. The van der Waals surface area contributed by atoms with E-state index >= 15 is 0 Å². The van der Waals surface area contributed by atoms with E-state index in [1.165, 1.54) is 5.56 Å². The molecule has 0 aliphatic rings. The summed E-state index contributed by atoms with van der Waals surface area (Å²) in [5.41, 5.74) is 14.1. The van der Waals surface area contributed by atoms with E-state index in [9.17, 15) is 4.79 Å². The first-order chi connectivity index (χ1) is 14.4. The lowest BCUT2D eigenvalue weighted by molar-refractivity contribution is 0.0858. The third-order valence-corrected chi connectivity index (χ3v) is 7.52. The Morgan fingerprint density at radius 2 is 1.43 bits per heavy atom. The van der Waals surface area contributed by atoms with Gasteiger partial charge in [0.1, 0.15) is 0 Å². The van der Waals surface area contributed by atoms with Crippen LogP contribution in [0.15, 0.2) is 42.5 Å². The quantitative estimate of drug-likeness (QED) is 0.271. The molecule has 164 valence electrons. The Labute approximate surface area is 180 Å². The molecule has 0 fully saturated rings. The van der Waals surface area contributed by atoms with Gasteiger partial charge < -0.3 is 30.1 Å². The van der Waals surface area contributed by atoms with Crippen LogP contribution >= 0.6 is 0 Å². The number of hydrogen-bond donors (Lipinski definition) is 3. The summed E-state index contributed by atoms with van der Waals surface area (Å²) in [7, 11) is -2.87. The van der Waals surface area contributed by atoms with Crippen LogP contribution in [0.25, 0.3) is 0 Å². The Balaban J connectivity index is 1.91. The first kappa shape index (κ1) is 23.9. The second-order valence-electron chi connectivity index (χ2n) is 6.80. The van der Waals surface area contributed by atoms with Crippen LogP contribution in [0.2, 0.25) is 0 Å². The number of nitrogens with two attached hydrogens (primary N) is 2. The minimum atomic E-state index is -2.87. The molecule has 7 nitrogen and oxygen atoms in total. The zero-order valence-electron chi connectivity index (χ0n) is 18.1. The molecule has 5 N–H and O–H groups in total. The number of nitrogen functional groups attached to an aromatic ring is 2. The maximum Gasteiger partial charge on any atom is 0.537 e. The molecule has 0 aliphatic carbocycles. The van der Waals surface area contributed by atoms with E-state index in [-0.39, 0.29) is 5.91 Å². The molecule has 0 saturated heterocycles. The van der Waals surface area contributed by atoms with Crippen molar-refractivity contribution in [3.8, 4) is 0 Å². The Hall–Kier alpha value is -2.39. The standard InChI is InChI=1S/C22H33N3O4Si/c1-4-27-30(28-5-2,29-6-3)21-11-9-17(10-12-21)8-7-13-25-22(26)18-14-19(23)16-20(24)15-18/h9-12,14-16H,4-8,13,23-24H2,1-3H3,(H,25,26). The summed E-state index contributed by atoms with van der Waals surface area (Å²) in [5, 5.41) is 3.87. The topological polar surface area (TPSA) is 109 Å². The fourth-order valence-electron chi connectivity index (χ4n) is 3.22. The minimum Gasteiger partial charge on any atom is -0.399 e. The zero-order chi connectivity index (χ0) is 22.0. The van der Waals surface area contributed by atoms with Crippen molar-refractivity contribution in [1.82, 2.24) is 5.32 Å². The number of anilines is 2. The van der Waals surface area contributed by atoms with Gasteiger partial charge in [-0.15, -0.1) is 0 Å². The molecular formula is C22H33N3O4Si. The smallest absolute Gasteiger partial charge is 0.399 e. The second kappa shape index (κ2) is 11.7. The van der Waals surface area contributed by atoms with Gasteiger partial charge in [-0.2, -0.15) is 0 Å². The first-order valence-electron chi connectivity index (χ1n) is 10.4. The number of aryl methyl sites for hydroxylation is 1. The molecule has 8 heteroatoms. The molecule has 0 aromatic heterocycles. The van der Waals surface area contributed by atoms with Crippen molar-refractivity contribution in [2.24, 2.45) is 0 Å². The zero-order valence-corrected chi connectivity index (χ0v) is 19.1. The monoisotopic (exact) mass is 431 g/mol. The van der Waals surface area contributed by atoms with Gasteiger partial charge in [0.25, 0.3) is 5.91 Å². The maximum atomic E-state index is 12.2. The van der Waals surface area contributed by atoms with Crippen molar-refractivity contribution >= 4 is 31.3 Å². The molecule has 0 unspecified atom stereocenters. The fraction of sp³-hybridized carbons (Fsp3) is 0.409. The summed E-state index contributed by atoms with van der Waals surface area (Å²) in [6.07, 6.45) is 1.65. The highest BCUT2D eigenvalue weighted by atomic mass is 28.4. The number of nitrogens with one attached hydrogen (secondary N) is 1. The number of rotatable bonds is 12. The van der Waals surface area contributed by atoms with Crippen molar-refractivity contribution in [1.29, 1.82) is 0 Å². The molecule has 0 atom stereocenters. The van der Waals surface area contributed by atoms with Crippen molar-refractivity contribution in [2.75, 3.05) is 37.8 Å². The highest BCUT2D eigenvalue weighted by molar-refractivity contribution is 6.75. The highest BCUT2D eigenvalue weighted by Gasteiger charge is 2.43.